The molecule has 80 valence electrons. The van der Waals surface area contributed by atoms with Crippen molar-refractivity contribution in [3.05, 3.63) is 0 Å². The Morgan fingerprint density at radius 2 is 2.00 bits per heavy atom. The molecule has 0 aromatic rings. The number of rotatable bonds is 4. The van der Waals surface area contributed by atoms with E-state index in [1.54, 1.807) is 6.92 Å². The first kappa shape index (κ1) is 11.2. The monoisotopic (exact) mass is 198 g/mol. The number of hydrogen-bond donors (Lipinski definition) is 0. The summed E-state index contributed by atoms with van der Waals surface area (Å²) >= 11 is 0. The van der Waals surface area contributed by atoms with Gasteiger partial charge in [-0.1, -0.05) is 33.6 Å². The summed E-state index contributed by atoms with van der Waals surface area (Å²) in [5.41, 5.74) is 0. The average molecular weight is 198 g/mol. The van der Waals surface area contributed by atoms with Crippen LogP contribution in [0.15, 0.2) is 0 Å². The van der Waals surface area contributed by atoms with E-state index in [1.165, 1.54) is 0 Å². The van der Waals surface area contributed by atoms with Gasteiger partial charge in [0.1, 0.15) is 0 Å². The molecule has 0 radical (unpaired) electrons. The molecule has 1 heterocycles. The van der Waals surface area contributed by atoms with E-state index in [-0.39, 0.29) is 23.8 Å². The summed E-state index contributed by atoms with van der Waals surface area (Å²) in [6.45, 7) is 6.01. The first-order valence-electron chi connectivity index (χ1n) is 5.31. The van der Waals surface area contributed by atoms with Crippen molar-refractivity contribution in [2.75, 3.05) is 0 Å². The van der Waals surface area contributed by atoms with Crippen molar-refractivity contribution < 1.29 is 14.3 Å². The number of carbonyl (C=O) groups is 2. The molecule has 0 aromatic carbocycles. The SMILES string of the molecule is CCCC(C)CC1C(=O)OC(=O)C1C. The van der Waals surface area contributed by atoms with Gasteiger partial charge in [-0.3, -0.25) is 9.59 Å². The van der Waals surface area contributed by atoms with Crippen LogP contribution >= 0.6 is 0 Å². The van der Waals surface area contributed by atoms with Crippen LogP contribution in [-0.4, -0.2) is 11.9 Å². The first-order chi connectivity index (χ1) is 6.56. The van der Waals surface area contributed by atoms with Gasteiger partial charge in [0.2, 0.25) is 0 Å². The van der Waals surface area contributed by atoms with E-state index in [9.17, 15) is 9.59 Å². The average Bonchev–Trinajstić information content (AvgIpc) is 2.33. The van der Waals surface area contributed by atoms with Crippen LogP contribution in [0.25, 0.3) is 0 Å². The molecule has 14 heavy (non-hydrogen) atoms. The maximum atomic E-state index is 11.3. The second kappa shape index (κ2) is 4.58. The molecular weight excluding hydrogens is 180 g/mol. The molecule has 3 atom stereocenters. The second-order valence-corrected chi connectivity index (χ2v) is 4.26. The maximum Gasteiger partial charge on any atom is 0.317 e. The van der Waals surface area contributed by atoms with Crippen molar-refractivity contribution in [2.45, 2.75) is 40.0 Å². The zero-order valence-electron chi connectivity index (χ0n) is 9.08. The van der Waals surface area contributed by atoms with E-state index in [0.29, 0.717) is 5.92 Å². The largest absolute Gasteiger partial charge is 0.393 e. The standard InChI is InChI=1S/C11H18O3/c1-4-5-7(2)6-9-8(3)10(12)14-11(9)13/h7-9H,4-6H2,1-3H3. The number of hydrogen-bond acceptors (Lipinski definition) is 3. The summed E-state index contributed by atoms with van der Waals surface area (Å²) < 4.78 is 4.59. The number of carbonyl (C=O) groups excluding carboxylic acids is 2. The van der Waals surface area contributed by atoms with Crippen molar-refractivity contribution in [1.82, 2.24) is 0 Å². The van der Waals surface area contributed by atoms with Gasteiger partial charge in [0.05, 0.1) is 11.8 Å². The fourth-order valence-electron chi connectivity index (χ4n) is 1.98. The minimum Gasteiger partial charge on any atom is -0.393 e. The number of esters is 2. The van der Waals surface area contributed by atoms with E-state index in [0.717, 1.165) is 19.3 Å². The molecule has 3 heteroatoms. The van der Waals surface area contributed by atoms with Gasteiger partial charge in [-0.15, -0.1) is 0 Å². The predicted molar refractivity (Wildman–Crippen MR) is 52.4 cm³/mol. The van der Waals surface area contributed by atoms with Crippen molar-refractivity contribution >= 4 is 11.9 Å². The maximum absolute atomic E-state index is 11.3. The topological polar surface area (TPSA) is 43.4 Å². The zero-order valence-corrected chi connectivity index (χ0v) is 9.08. The highest BCUT2D eigenvalue weighted by molar-refractivity contribution is 5.96. The lowest BCUT2D eigenvalue weighted by Crippen LogP contribution is -2.17. The van der Waals surface area contributed by atoms with Gasteiger partial charge < -0.3 is 4.74 Å². The number of ether oxygens (including phenoxy) is 1. The molecule has 1 aliphatic heterocycles. The highest BCUT2D eigenvalue weighted by atomic mass is 16.6. The van der Waals surface area contributed by atoms with Crippen LogP contribution in [0, 0.1) is 17.8 Å². The Morgan fingerprint density at radius 1 is 1.36 bits per heavy atom. The smallest absolute Gasteiger partial charge is 0.317 e. The van der Waals surface area contributed by atoms with E-state index < -0.39 is 0 Å². The lowest BCUT2D eigenvalue weighted by molar-refractivity contribution is -0.153. The summed E-state index contributed by atoms with van der Waals surface area (Å²) in [6.07, 6.45) is 3.00. The van der Waals surface area contributed by atoms with Gasteiger partial charge in [-0.25, -0.2) is 0 Å². The predicted octanol–water partition coefficient (Wildman–Crippen LogP) is 2.15. The molecule has 3 unspecified atom stereocenters. The zero-order chi connectivity index (χ0) is 10.7. The Bertz CT molecular complexity index is 235. The molecule has 0 amide bonds. The molecule has 0 aliphatic carbocycles. The molecule has 1 aliphatic rings. The van der Waals surface area contributed by atoms with E-state index in [1.807, 2.05) is 0 Å². The van der Waals surface area contributed by atoms with E-state index in [4.69, 9.17) is 0 Å². The lowest BCUT2D eigenvalue weighted by Gasteiger charge is -2.14. The minimum atomic E-state index is -0.358. The molecular formula is C11H18O3. The Labute approximate surface area is 84.8 Å². The van der Waals surface area contributed by atoms with Gasteiger partial charge in [0.25, 0.3) is 0 Å². The summed E-state index contributed by atoms with van der Waals surface area (Å²) in [5, 5.41) is 0. The van der Waals surface area contributed by atoms with Crippen LogP contribution in [-0.2, 0) is 14.3 Å². The summed E-state index contributed by atoms with van der Waals surface area (Å²) in [6, 6.07) is 0. The molecule has 0 saturated carbocycles. The summed E-state index contributed by atoms with van der Waals surface area (Å²) in [7, 11) is 0. The molecule has 0 aromatic heterocycles. The fourth-order valence-corrected chi connectivity index (χ4v) is 1.98. The van der Waals surface area contributed by atoms with Crippen molar-refractivity contribution in [3.8, 4) is 0 Å². The van der Waals surface area contributed by atoms with Gasteiger partial charge >= 0.3 is 11.9 Å². The van der Waals surface area contributed by atoms with Gasteiger partial charge in [-0.05, 0) is 12.3 Å². The normalized spacial score (nSPS) is 29.1. The Morgan fingerprint density at radius 3 is 2.43 bits per heavy atom. The Hall–Kier alpha value is -0.860. The van der Waals surface area contributed by atoms with Crippen LogP contribution < -0.4 is 0 Å². The molecule has 3 nitrogen and oxygen atoms in total. The summed E-state index contributed by atoms with van der Waals surface area (Å²) in [5.74, 6) is -0.647. The molecule has 0 bridgehead atoms. The van der Waals surface area contributed by atoms with E-state index in [2.05, 4.69) is 18.6 Å². The van der Waals surface area contributed by atoms with Crippen molar-refractivity contribution in [2.24, 2.45) is 17.8 Å². The molecule has 1 rings (SSSR count). The number of cyclic esters (lactones) is 2. The highest BCUT2D eigenvalue weighted by Gasteiger charge is 2.41. The molecule has 1 saturated heterocycles. The highest BCUT2D eigenvalue weighted by Crippen LogP contribution is 2.30. The third kappa shape index (κ3) is 2.34. The third-order valence-electron chi connectivity index (χ3n) is 2.92. The van der Waals surface area contributed by atoms with Crippen molar-refractivity contribution in [3.63, 3.8) is 0 Å². The van der Waals surface area contributed by atoms with Gasteiger partial charge in [0.15, 0.2) is 0 Å². The van der Waals surface area contributed by atoms with Gasteiger partial charge in [0, 0.05) is 0 Å². The molecule has 1 fully saturated rings. The van der Waals surface area contributed by atoms with Gasteiger partial charge in [-0.2, -0.15) is 0 Å². The third-order valence-corrected chi connectivity index (χ3v) is 2.92. The molecule has 0 spiro atoms. The Balaban J connectivity index is 2.51. The molecule has 0 N–H and O–H groups in total. The lowest BCUT2D eigenvalue weighted by atomic mass is 9.86. The summed E-state index contributed by atoms with van der Waals surface area (Å²) in [4.78, 5) is 22.4. The fraction of sp³-hybridized carbons (Fsp3) is 0.818. The van der Waals surface area contributed by atoms with Crippen LogP contribution in [0.2, 0.25) is 0 Å². The van der Waals surface area contributed by atoms with Crippen molar-refractivity contribution in [1.29, 1.82) is 0 Å². The second-order valence-electron chi connectivity index (χ2n) is 4.26. The Kier molecular flexibility index (Phi) is 3.67. The van der Waals surface area contributed by atoms with Crippen LogP contribution in [0.1, 0.15) is 40.0 Å². The first-order valence-corrected chi connectivity index (χ1v) is 5.31. The van der Waals surface area contributed by atoms with Crippen LogP contribution in [0.5, 0.6) is 0 Å². The van der Waals surface area contributed by atoms with E-state index >= 15 is 0 Å². The van der Waals surface area contributed by atoms with Crippen LogP contribution in [0.4, 0.5) is 0 Å². The van der Waals surface area contributed by atoms with Crippen LogP contribution in [0.3, 0.4) is 0 Å². The minimum absolute atomic E-state index is 0.205. The quantitative estimate of drug-likeness (QED) is 0.513.